The molecule has 1 aromatic carbocycles. The van der Waals surface area contributed by atoms with E-state index in [0.29, 0.717) is 4.90 Å². The van der Waals surface area contributed by atoms with Gasteiger partial charge in [-0.3, -0.25) is 0 Å². The molecule has 0 unspecified atom stereocenters. The molecule has 5 heteroatoms. The molecule has 2 rings (SSSR count). The second kappa shape index (κ2) is 3.75. The van der Waals surface area contributed by atoms with Gasteiger partial charge in [-0.25, -0.2) is 8.42 Å². The number of hydrogen-bond donors (Lipinski definition) is 1. The molecule has 0 saturated heterocycles. The summed E-state index contributed by atoms with van der Waals surface area (Å²) in [5.74, 6) is 0. The maximum atomic E-state index is 11.7. The Morgan fingerprint density at radius 3 is 2.44 bits per heavy atom. The van der Waals surface area contributed by atoms with Gasteiger partial charge in [-0.2, -0.15) is 0 Å². The van der Waals surface area contributed by atoms with Crippen LogP contribution >= 0.6 is 11.8 Å². The Bertz CT molecular complexity index is 519. The Labute approximate surface area is 100 Å². The van der Waals surface area contributed by atoms with E-state index in [2.05, 4.69) is 0 Å². The molecule has 0 atom stereocenters. The molecule has 0 spiro atoms. The number of nitrogens with two attached hydrogens (primary N) is 1. The average molecular weight is 257 g/mol. The third kappa shape index (κ3) is 2.12. The molecule has 0 radical (unpaired) electrons. The van der Waals surface area contributed by atoms with E-state index >= 15 is 0 Å². The van der Waals surface area contributed by atoms with Crippen molar-refractivity contribution in [1.29, 1.82) is 0 Å². The molecule has 1 fully saturated rings. The highest BCUT2D eigenvalue weighted by molar-refractivity contribution is 7.99. The highest BCUT2D eigenvalue weighted by Gasteiger charge is 2.40. The van der Waals surface area contributed by atoms with Crippen molar-refractivity contribution in [3.05, 3.63) is 23.8 Å². The van der Waals surface area contributed by atoms with E-state index in [9.17, 15) is 8.42 Å². The lowest BCUT2D eigenvalue weighted by Crippen LogP contribution is -2.19. The molecule has 0 aliphatic heterocycles. The number of thioether (sulfide) groups is 1. The van der Waals surface area contributed by atoms with Crippen LogP contribution in [0.15, 0.2) is 28.0 Å². The van der Waals surface area contributed by atoms with Crippen LogP contribution in [0.2, 0.25) is 0 Å². The Kier molecular flexibility index (Phi) is 2.80. The highest BCUT2D eigenvalue weighted by atomic mass is 32.2. The van der Waals surface area contributed by atoms with E-state index in [1.165, 1.54) is 18.0 Å². The van der Waals surface area contributed by atoms with Gasteiger partial charge in [-0.1, -0.05) is 6.07 Å². The minimum atomic E-state index is -3.18. The molecule has 1 aromatic rings. The molecule has 3 nitrogen and oxygen atoms in total. The average Bonchev–Trinajstić information content (AvgIpc) is 2.95. The van der Waals surface area contributed by atoms with Crippen molar-refractivity contribution in [2.24, 2.45) is 5.73 Å². The summed E-state index contributed by atoms with van der Waals surface area (Å²) in [5, 5.41) is 0. The van der Waals surface area contributed by atoms with Crippen LogP contribution in [-0.2, 0) is 15.4 Å². The summed E-state index contributed by atoms with van der Waals surface area (Å²) in [7, 11) is -3.18. The third-order valence-electron chi connectivity index (χ3n) is 2.93. The fourth-order valence-electron chi connectivity index (χ4n) is 1.70. The first kappa shape index (κ1) is 12.0. The fourth-order valence-corrected chi connectivity index (χ4v) is 3.64. The number of sulfone groups is 1. The molecule has 0 bridgehead atoms. The van der Waals surface area contributed by atoms with Gasteiger partial charge in [0.25, 0.3) is 0 Å². The molecule has 0 heterocycles. The van der Waals surface area contributed by atoms with Gasteiger partial charge in [0, 0.05) is 16.7 Å². The normalized spacial score (nSPS) is 18.4. The van der Waals surface area contributed by atoms with Crippen molar-refractivity contribution in [2.75, 3.05) is 12.5 Å². The zero-order valence-corrected chi connectivity index (χ0v) is 11.0. The summed E-state index contributed by atoms with van der Waals surface area (Å²) < 4.78 is 23.3. The molecule has 1 saturated carbocycles. The quantitative estimate of drug-likeness (QED) is 0.838. The first-order chi connectivity index (χ1) is 7.37. The van der Waals surface area contributed by atoms with Crippen LogP contribution in [0.1, 0.15) is 18.4 Å². The van der Waals surface area contributed by atoms with Gasteiger partial charge in [-0.15, -0.1) is 11.8 Å². The zero-order valence-electron chi connectivity index (χ0n) is 9.36. The van der Waals surface area contributed by atoms with Crippen LogP contribution in [0.25, 0.3) is 0 Å². The van der Waals surface area contributed by atoms with Crippen molar-refractivity contribution in [1.82, 2.24) is 0 Å². The smallest absolute Gasteiger partial charge is 0.176 e. The van der Waals surface area contributed by atoms with Gasteiger partial charge >= 0.3 is 0 Å². The van der Waals surface area contributed by atoms with Crippen molar-refractivity contribution < 1.29 is 8.42 Å². The Morgan fingerprint density at radius 2 is 2.00 bits per heavy atom. The number of benzene rings is 1. The summed E-state index contributed by atoms with van der Waals surface area (Å²) in [4.78, 5) is 1.18. The highest BCUT2D eigenvalue weighted by Crippen LogP contribution is 2.44. The Morgan fingerprint density at radius 1 is 1.38 bits per heavy atom. The van der Waals surface area contributed by atoms with Crippen LogP contribution in [0.5, 0.6) is 0 Å². The van der Waals surface area contributed by atoms with E-state index in [0.717, 1.165) is 23.3 Å². The van der Waals surface area contributed by atoms with Crippen LogP contribution < -0.4 is 5.73 Å². The van der Waals surface area contributed by atoms with Crippen LogP contribution in [0.3, 0.4) is 0 Å². The third-order valence-corrected chi connectivity index (χ3v) is 4.99. The zero-order chi connectivity index (χ0) is 12.0. The minimum absolute atomic E-state index is 0.281. The predicted octanol–water partition coefficient (Wildman–Crippen LogP) is 1.76. The lowest BCUT2D eigenvalue weighted by molar-refractivity contribution is 0.599. The summed E-state index contributed by atoms with van der Waals surface area (Å²) in [6, 6.07) is 5.52. The van der Waals surface area contributed by atoms with E-state index < -0.39 is 9.84 Å². The largest absolute Gasteiger partial charge is 0.321 e. The van der Waals surface area contributed by atoms with Gasteiger partial charge < -0.3 is 5.73 Å². The molecule has 88 valence electrons. The second-order valence-electron chi connectivity index (χ2n) is 4.29. The van der Waals surface area contributed by atoms with Crippen molar-refractivity contribution in [2.45, 2.75) is 28.2 Å². The van der Waals surface area contributed by atoms with Gasteiger partial charge in [-0.05, 0) is 36.8 Å². The predicted molar refractivity (Wildman–Crippen MR) is 66.4 cm³/mol. The van der Waals surface area contributed by atoms with Crippen molar-refractivity contribution in [3.63, 3.8) is 0 Å². The molecule has 1 aliphatic rings. The minimum Gasteiger partial charge on any atom is -0.321 e. The van der Waals surface area contributed by atoms with Gasteiger partial charge in [0.15, 0.2) is 9.84 Å². The van der Waals surface area contributed by atoms with Crippen LogP contribution in [-0.4, -0.2) is 20.9 Å². The lowest BCUT2D eigenvalue weighted by Gasteiger charge is -2.12. The van der Waals surface area contributed by atoms with Gasteiger partial charge in [0.1, 0.15) is 0 Å². The molecule has 0 amide bonds. The summed E-state index contributed by atoms with van der Waals surface area (Å²) >= 11 is 1.44. The fraction of sp³-hybridized carbons (Fsp3) is 0.455. The van der Waals surface area contributed by atoms with E-state index in [-0.39, 0.29) is 5.54 Å². The molecule has 16 heavy (non-hydrogen) atoms. The van der Waals surface area contributed by atoms with E-state index in [1.807, 2.05) is 18.4 Å². The van der Waals surface area contributed by atoms with Crippen LogP contribution in [0.4, 0.5) is 0 Å². The lowest BCUT2D eigenvalue weighted by atomic mass is 10.1. The molecule has 1 aliphatic carbocycles. The molecular formula is C11H15NO2S2. The molecule has 0 aromatic heterocycles. The van der Waals surface area contributed by atoms with Crippen molar-refractivity contribution in [3.8, 4) is 0 Å². The summed E-state index contributed by atoms with van der Waals surface area (Å²) in [5.41, 5.74) is 6.72. The van der Waals surface area contributed by atoms with E-state index in [4.69, 9.17) is 5.73 Å². The number of hydrogen-bond acceptors (Lipinski definition) is 4. The summed E-state index contributed by atoms with van der Waals surface area (Å²) in [6.07, 6.45) is 4.99. The van der Waals surface area contributed by atoms with Crippen LogP contribution in [0, 0.1) is 0 Å². The molecule has 2 N–H and O–H groups in total. The maximum absolute atomic E-state index is 11.7. The topological polar surface area (TPSA) is 60.2 Å². The first-order valence-electron chi connectivity index (χ1n) is 5.04. The molecular weight excluding hydrogens is 242 g/mol. The second-order valence-corrected chi connectivity index (χ2v) is 7.13. The summed E-state index contributed by atoms with van der Waals surface area (Å²) in [6.45, 7) is 0. The monoisotopic (exact) mass is 257 g/mol. The standard InChI is InChI=1S/C11H15NO2S2/c1-15-9-4-3-8(11(12)5-6-11)7-10(9)16(2,13)14/h3-4,7H,5-6,12H2,1-2H3. The number of rotatable bonds is 3. The maximum Gasteiger partial charge on any atom is 0.176 e. The van der Waals surface area contributed by atoms with Gasteiger partial charge in [0.05, 0.1) is 4.90 Å². The van der Waals surface area contributed by atoms with Crippen molar-refractivity contribution >= 4 is 21.6 Å². The van der Waals surface area contributed by atoms with E-state index in [1.54, 1.807) is 6.07 Å². The Balaban J connectivity index is 2.56. The Hall–Kier alpha value is -0.520. The first-order valence-corrected chi connectivity index (χ1v) is 8.16. The SMILES string of the molecule is CSc1ccc(C2(N)CC2)cc1S(C)(=O)=O. The van der Waals surface area contributed by atoms with Gasteiger partial charge in [0.2, 0.25) is 0 Å².